The molecule has 2 rings (SSSR count). The van der Waals surface area contributed by atoms with Crippen molar-refractivity contribution in [1.29, 1.82) is 0 Å². The van der Waals surface area contributed by atoms with Crippen LogP contribution < -0.4 is 0 Å². The summed E-state index contributed by atoms with van der Waals surface area (Å²) >= 11 is 0. The van der Waals surface area contributed by atoms with Gasteiger partial charge in [0.1, 0.15) is 11.5 Å². The van der Waals surface area contributed by atoms with Crippen molar-refractivity contribution in [1.82, 2.24) is 0 Å². The van der Waals surface area contributed by atoms with E-state index in [9.17, 15) is 29.7 Å². The Kier molecular flexibility index (Phi) is 13.7. The number of fused-ring (bicyclic) bond motifs is 1. The van der Waals surface area contributed by atoms with Crippen molar-refractivity contribution in [2.24, 2.45) is 0 Å². The number of carboxylic acids is 1. The van der Waals surface area contributed by atoms with Crippen molar-refractivity contribution in [3.63, 3.8) is 0 Å². The highest BCUT2D eigenvalue weighted by atomic mass is 16.4. The average Bonchev–Trinajstić information content (AvgIpc) is 2.80. The van der Waals surface area contributed by atoms with Crippen molar-refractivity contribution >= 4 is 17.5 Å². The Morgan fingerprint density at radius 3 is 1.91 bits per heavy atom. The Balaban J connectivity index is 0.000000383. The lowest BCUT2D eigenvalue weighted by atomic mass is 9.85. The predicted molar refractivity (Wildman–Crippen MR) is 136 cm³/mol. The zero-order chi connectivity index (χ0) is 26.4. The summed E-state index contributed by atoms with van der Waals surface area (Å²) in [6.45, 7) is 5.94. The number of aromatic hydroxyl groups is 2. The largest absolute Gasteiger partial charge is 0.507 e. The fourth-order valence-electron chi connectivity index (χ4n) is 3.79. The Morgan fingerprint density at radius 1 is 0.886 bits per heavy atom. The molecule has 0 bridgehead atoms. The van der Waals surface area contributed by atoms with Crippen LogP contribution in [0.3, 0.4) is 0 Å². The first-order valence-electron chi connectivity index (χ1n) is 12.5. The van der Waals surface area contributed by atoms with Gasteiger partial charge in [0.2, 0.25) is 0 Å². The van der Waals surface area contributed by atoms with Crippen molar-refractivity contribution in [2.75, 3.05) is 0 Å². The van der Waals surface area contributed by atoms with Gasteiger partial charge in [0.25, 0.3) is 0 Å². The zero-order valence-corrected chi connectivity index (χ0v) is 21.2. The summed E-state index contributed by atoms with van der Waals surface area (Å²) in [6, 6.07) is 2.29. The highest BCUT2D eigenvalue weighted by Gasteiger charge is 2.33. The fraction of sp³-hybridized carbons (Fsp3) is 0.536. The minimum Gasteiger partial charge on any atom is -0.507 e. The minimum absolute atomic E-state index is 0.0779. The number of aliphatic carboxylic acids is 1. The molecule has 194 valence electrons. The molecule has 0 fully saturated rings. The topological polar surface area (TPSA) is 132 Å². The van der Waals surface area contributed by atoms with Crippen LogP contribution in [-0.2, 0) is 4.79 Å². The van der Waals surface area contributed by atoms with Crippen LogP contribution in [-0.4, -0.2) is 44.1 Å². The standard InChI is InChI=1S/C16H16O5.C12H24O2/c1-8(2)3-4-10(17)9-7-13(20)14-11(18)5-6-12(19)15(14)16(9)21;1-2-3-4-5-6-7-8-9-10-11-12(13)14/h3,5-7,10,17-19H,4H2,1-2H3;2-11H2,1H3,(H,13,14). The maximum Gasteiger partial charge on any atom is 0.303 e. The quantitative estimate of drug-likeness (QED) is 0.149. The number of Topliss-reactive ketones (excluding diaryl/α,β-unsaturated/α-hetero) is 1. The molecule has 0 heterocycles. The number of unbranched alkanes of at least 4 members (excludes halogenated alkanes) is 8. The monoisotopic (exact) mass is 488 g/mol. The number of carboxylic acid groups (broad SMARTS) is 1. The van der Waals surface area contributed by atoms with E-state index in [1.54, 1.807) is 6.08 Å². The normalized spacial score (nSPS) is 13.3. The number of rotatable bonds is 13. The second-order valence-corrected chi connectivity index (χ2v) is 9.15. The van der Waals surface area contributed by atoms with Crippen LogP contribution in [0, 0.1) is 0 Å². The molecule has 1 aromatic carbocycles. The first kappa shape index (κ1) is 30.1. The second kappa shape index (κ2) is 15.9. The van der Waals surface area contributed by atoms with Gasteiger partial charge in [-0.3, -0.25) is 14.4 Å². The molecule has 1 unspecified atom stereocenters. The van der Waals surface area contributed by atoms with Gasteiger partial charge in [-0.2, -0.15) is 0 Å². The van der Waals surface area contributed by atoms with E-state index < -0.39 is 23.6 Å². The first-order chi connectivity index (χ1) is 16.6. The minimum atomic E-state index is -1.13. The zero-order valence-electron chi connectivity index (χ0n) is 21.2. The number of aliphatic hydroxyl groups excluding tert-OH is 1. The molecule has 0 amide bonds. The number of phenolic OH excluding ortho intramolecular Hbond substituents is 2. The predicted octanol–water partition coefficient (Wildman–Crippen LogP) is 6.11. The Labute approximate surface area is 208 Å². The van der Waals surface area contributed by atoms with Gasteiger partial charge in [-0.25, -0.2) is 0 Å². The van der Waals surface area contributed by atoms with Crippen molar-refractivity contribution < 1.29 is 34.8 Å². The third-order valence-electron chi connectivity index (χ3n) is 5.79. The molecular weight excluding hydrogens is 448 g/mol. The smallest absolute Gasteiger partial charge is 0.303 e. The molecule has 0 saturated carbocycles. The number of benzene rings is 1. The molecule has 0 saturated heterocycles. The van der Waals surface area contributed by atoms with Crippen molar-refractivity contribution in [2.45, 2.75) is 97.5 Å². The van der Waals surface area contributed by atoms with Crippen LogP contribution in [0.15, 0.2) is 35.4 Å². The third kappa shape index (κ3) is 10.5. The van der Waals surface area contributed by atoms with E-state index >= 15 is 0 Å². The number of hydrogen-bond donors (Lipinski definition) is 4. The molecule has 4 N–H and O–H groups in total. The van der Waals surface area contributed by atoms with Gasteiger partial charge in [-0.1, -0.05) is 69.9 Å². The Bertz CT molecular complexity index is 923. The van der Waals surface area contributed by atoms with E-state index in [4.69, 9.17) is 5.11 Å². The number of allylic oxidation sites excluding steroid dienone is 2. The average molecular weight is 489 g/mol. The van der Waals surface area contributed by atoms with Gasteiger partial charge in [0.05, 0.1) is 17.2 Å². The number of carbonyl (C=O) groups is 3. The van der Waals surface area contributed by atoms with E-state index in [-0.39, 0.29) is 34.6 Å². The van der Waals surface area contributed by atoms with Gasteiger partial charge >= 0.3 is 5.97 Å². The molecule has 1 atom stereocenters. The van der Waals surface area contributed by atoms with Crippen molar-refractivity contribution in [3.8, 4) is 11.5 Å². The van der Waals surface area contributed by atoms with Gasteiger partial charge in [-0.05, 0) is 44.9 Å². The maximum absolute atomic E-state index is 12.3. The molecule has 0 radical (unpaired) electrons. The lowest BCUT2D eigenvalue weighted by molar-refractivity contribution is -0.137. The summed E-state index contributed by atoms with van der Waals surface area (Å²) in [4.78, 5) is 34.6. The van der Waals surface area contributed by atoms with E-state index in [2.05, 4.69) is 6.92 Å². The molecule has 1 aliphatic carbocycles. The summed E-state index contributed by atoms with van der Waals surface area (Å²) in [5.41, 5.74) is 0.419. The summed E-state index contributed by atoms with van der Waals surface area (Å²) < 4.78 is 0. The van der Waals surface area contributed by atoms with Crippen LogP contribution in [0.4, 0.5) is 0 Å². The molecule has 35 heavy (non-hydrogen) atoms. The molecule has 1 aromatic rings. The summed E-state index contributed by atoms with van der Waals surface area (Å²) in [5.74, 6) is -2.67. The van der Waals surface area contributed by atoms with Crippen LogP contribution >= 0.6 is 0 Å². The lowest BCUT2D eigenvalue weighted by Gasteiger charge is -2.20. The highest BCUT2D eigenvalue weighted by molar-refractivity contribution is 6.26. The van der Waals surface area contributed by atoms with E-state index in [0.717, 1.165) is 36.6 Å². The van der Waals surface area contributed by atoms with E-state index in [0.29, 0.717) is 6.42 Å². The SMILES string of the molecule is CC(C)=CCC(O)C1=CC(=O)c2c(O)ccc(O)c2C1=O.CCCCCCCCCCCC(=O)O. The summed E-state index contributed by atoms with van der Waals surface area (Å²) in [5, 5.41) is 37.9. The number of carbonyl (C=O) groups excluding carboxylic acids is 2. The maximum atomic E-state index is 12.3. The lowest BCUT2D eigenvalue weighted by Crippen LogP contribution is -2.25. The van der Waals surface area contributed by atoms with E-state index in [1.165, 1.54) is 44.9 Å². The Morgan fingerprint density at radius 2 is 1.40 bits per heavy atom. The molecular formula is C28H40O7. The Hall–Kier alpha value is -2.93. The summed E-state index contributed by atoms with van der Waals surface area (Å²) in [6.07, 6.45) is 13.3. The van der Waals surface area contributed by atoms with Gasteiger partial charge in [0, 0.05) is 12.0 Å². The molecule has 7 heteroatoms. The number of ketones is 2. The third-order valence-corrected chi connectivity index (χ3v) is 5.79. The van der Waals surface area contributed by atoms with Gasteiger partial charge in [0.15, 0.2) is 11.6 Å². The number of phenols is 2. The van der Waals surface area contributed by atoms with Crippen molar-refractivity contribution in [3.05, 3.63) is 46.6 Å². The van der Waals surface area contributed by atoms with Crippen LogP contribution in [0.25, 0.3) is 0 Å². The van der Waals surface area contributed by atoms with Crippen LogP contribution in [0.2, 0.25) is 0 Å². The first-order valence-corrected chi connectivity index (χ1v) is 12.5. The van der Waals surface area contributed by atoms with Crippen LogP contribution in [0.5, 0.6) is 11.5 Å². The van der Waals surface area contributed by atoms with E-state index in [1.807, 2.05) is 13.8 Å². The molecule has 7 nitrogen and oxygen atoms in total. The van der Waals surface area contributed by atoms with Crippen LogP contribution in [0.1, 0.15) is 112 Å². The van der Waals surface area contributed by atoms with Gasteiger partial charge in [-0.15, -0.1) is 0 Å². The molecule has 0 aliphatic heterocycles. The molecule has 0 spiro atoms. The number of aliphatic hydroxyl groups is 1. The number of hydrogen-bond acceptors (Lipinski definition) is 6. The highest BCUT2D eigenvalue weighted by Crippen LogP contribution is 2.35. The molecule has 1 aliphatic rings. The summed E-state index contributed by atoms with van der Waals surface area (Å²) in [7, 11) is 0. The fourth-order valence-corrected chi connectivity index (χ4v) is 3.79. The van der Waals surface area contributed by atoms with Gasteiger partial charge < -0.3 is 20.4 Å². The second-order valence-electron chi connectivity index (χ2n) is 9.15. The molecule has 0 aromatic heterocycles.